The number of rotatable bonds is 15. The molecule has 4 rings (SSSR count). The van der Waals surface area contributed by atoms with E-state index in [0.29, 0.717) is 25.5 Å². The van der Waals surface area contributed by atoms with Crippen LogP contribution in [0, 0.1) is 0 Å². The number of amides is 1. The third-order valence-corrected chi connectivity index (χ3v) is 8.52. The molecule has 1 unspecified atom stereocenters. The average Bonchev–Trinajstić information content (AvgIpc) is 3.12. The fourth-order valence-corrected chi connectivity index (χ4v) is 5.87. The topological polar surface area (TPSA) is 116 Å². The van der Waals surface area contributed by atoms with Crippen LogP contribution in [0.2, 0.25) is 0 Å². The molecule has 2 aromatic carbocycles. The molecular formula is C40H54N8O4. The molecular weight excluding hydrogens is 656 g/mol. The average molecular weight is 711 g/mol. The largest absolute Gasteiger partial charge is 0.468 e. The van der Waals surface area contributed by atoms with Gasteiger partial charge in [0, 0.05) is 90.1 Å². The van der Waals surface area contributed by atoms with E-state index in [1.54, 1.807) is 18.1 Å². The number of ether oxygens (including phenoxy) is 2. The number of carbonyl (C=O) groups is 2. The highest BCUT2D eigenvalue weighted by Gasteiger charge is 2.31. The molecule has 0 saturated carbocycles. The first-order chi connectivity index (χ1) is 25.0. The maximum atomic E-state index is 12.7. The highest BCUT2D eigenvalue weighted by molar-refractivity contribution is 5.93. The lowest BCUT2D eigenvalue weighted by molar-refractivity contribution is -0.148. The van der Waals surface area contributed by atoms with Crippen LogP contribution in [0.1, 0.15) is 50.1 Å². The molecule has 0 radical (unpaired) electrons. The molecule has 3 aromatic rings. The van der Waals surface area contributed by atoms with Crippen LogP contribution >= 0.6 is 0 Å². The molecule has 0 spiro atoms. The van der Waals surface area contributed by atoms with Gasteiger partial charge < -0.3 is 24.6 Å². The van der Waals surface area contributed by atoms with E-state index in [1.165, 1.54) is 18.9 Å². The Morgan fingerprint density at radius 1 is 1.02 bits per heavy atom. The number of hydrogen-bond donors (Lipinski definition) is 1. The molecule has 1 saturated heterocycles. The van der Waals surface area contributed by atoms with Gasteiger partial charge in [-0.3, -0.25) is 9.80 Å². The SMILES string of the molecule is C=C/N=C(\C=C/Cc1ccnc(Nc2cccc(CN3CCN(C(C(=O)OC)c4ccccc4)CC3)c2)n1)N(C)CCCN(C)C(=O)OC(C)(C)C. The van der Waals surface area contributed by atoms with Gasteiger partial charge in [-0.15, -0.1) is 0 Å². The summed E-state index contributed by atoms with van der Waals surface area (Å²) < 4.78 is 10.6. The standard InChI is InChI=1S/C40H54N8O4/c1-8-41-35(45(5)23-14-24-46(6)39(50)52-40(2,3)4)20-13-18-33-21-22-42-38(43-33)44-34-19-12-15-31(29-34)30-47-25-27-48(28-26-47)36(37(49)51-7)32-16-10-9-11-17-32/h8-13,15-17,19-22,29,36H,1,14,18,23-28,30H2,2-7H3,(H,42,43,44)/b20-13-,41-35+. The fraction of sp³-hybridized carbons (Fsp3) is 0.425. The second kappa shape index (κ2) is 19.5. The number of benzene rings is 2. The summed E-state index contributed by atoms with van der Waals surface area (Å²) in [6.07, 6.45) is 8.27. The number of anilines is 2. The van der Waals surface area contributed by atoms with Crippen molar-refractivity contribution in [3.63, 3.8) is 0 Å². The van der Waals surface area contributed by atoms with Crippen molar-refractivity contribution in [3.8, 4) is 0 Å². The maximum absolute atomic E-state index is 12.7. The minimum atomic E-state index is -0.524. The van der Waals surface area contributed by atoms with Gasteiger partial charge in [-0.05, 0) is 62.6 Å². The highest BCUT2D eigenvalue weighted by atomic mass is 16.6. The molecule has 278 valence electrons. The summed E-state index contributed by atoms with van der Waals surface area (Å²) in [4.78, 5) is 46.8. The molecule has 1 aromatic heterocycles. The number of nitrogens with zero attached hydrogens (tertiary/aromatic N) is 7. The van der Waals surface area contributed by atoms with Crippen LogP contribution in [0.15, 0.2) is 96.8 Å². The van der Waals surface area contributed by atoms with Crippen molar-refractivity contribution in [2.24, 2.45) is 4.99 Å². The van der Waals surface area contributed by atoms with Crippen molar-refractivity contribution in [3.05, 3.63) is 109 Å². The molecule has 1 N–H and O–H groups in total. The van der Waals surface area contributed by atoms with Crippen molar-refractivity contribution in [2.45, 2.75) is 51.8 Å². The lowest BCUT2D eigenvalue weighted by Crippen LogP contribution is -2.49. The van der Waals surface area contributed by atoms with E-state index < -0.39 is 11.6 Å². The Kier molecular flexibility index (Phi) is 14.9. The monoisotopic (exact) mass is 710 g/mol. The first-order valence-electron chi connectivity index (χ1n) is 17.7. The van der Waals surface area contributed by atoms with Crippen molar-refractivity contribution in [1.29, 1.82) is 0 Å². The number of piperazine rings is 1. The minimum absolute atomic E-state index is 0.229. The third kappa shape index (κ3) is 12.6. The van der Waals surface area contributed by atoms with E-state index in [0.717, 1.165) is 61.9 Å². The van der Waals surface area contributed by atoms with Crippen molar-refractivity contribution < 1.29 is 19.1 Å². The number of nitrogens with one attached hydrogen (secondary N) is 1. The van der Waals surface area contributed by atoms with Gasteiger partial charge in [0.05, 0.1) is 7.11 Å². The van der Waals surface area contributed by atoms with Crippen molar-refractivity contribution in [1.82, 2.24) is 29.6 Å². The molecule has 1 fully saturated rings. The second-order valence-corrected chi connectivity index (χ2v) is 13.8. The number of carbonyl (C=O) groups excluding carboxylic acids is 2. The van der Waals surface area contributed by atoms with E-state index in [-0.39, 0.29) is 12.1 Å². The summed E-state index contributed by atoms with van der Waals surface area (Å²) in [5, 5.41) is 3.36. The predicted octanol–water partition coefficient (Wildman–Crippen LogP) is 6.08. The summed E-state index contributed by atoms with van der Waals surface area (Å²) in [5.41, 5.74) is 3.39. The van der Waals surface area contributed by atoms with Crippen LogP contribution in [0.3, 0.4) is 0 Å². The third-order valence-electron chi connectivity index (χ3n) is 8.52. The number of aromatic nitrogens is 2. The van der Waals surface area contributed by atoms with E-state index in [4.69, 9.17) is 14.5 Å². The fourth-order valence-electron chi connectivity index (χ4n) is 5.87. The molecule has 12 nitrogen and oxygen atoms in total. The Morgan fingerprint density at radius 2 is 1.75 bits per heavy atom. The van der Waals surface area contributed by atoms with Crippen LogP contribution in [-0.2, 0) is 27.2 Å². The maximum Gasteiger partial charge on any atom is 0.410 e. The molecule has 0 aliphatic carbocycles. The Labute approximate surface area is 308 Å². The van der Waals surface area contributed by atoms with Gasteiger partial charge in [0.1, 0.15) is 17.5 Å². The zero-order valence-corrected chi connectivity index (χ0v) is 31.5. The van der Waals surface area contributed by atoms with Crippen molar-refractivity contribution >= 4 is 29.5 Å². The normalized spacial score (nSPS) is 14.8. The van der Waals surface area contributed by atoms with Crippen LogP contribution in [-0.4, -0.2) is 114 Å². The van der Waals surface area contributed by atoms with Gasteiger partial charge in [-0.2, -0.15) is 0 Å². The van der Waals surface area contributed by atoms with Crippen LogP contribution in [0.4, 0.5) is 16.4 Å². The van der Waals surface area contributed by atoms with Gasteiger partial charge >= 0.3 is 12.1 Å². The van der Waals surface area contributed by atoms with Gasteiger partial charge in [-0.1, -0.05) is 55.1 Å². The van der Waals surface area contributed by atoms with Crippen molar-refractivity contribution in [2.75, 3.05) is 65.8 Å². The summed E-state index contributed by atoms with van der Waals surface area (Å²) in [6, 6.07) is 19.6. The summed E-state index contributed by atoms with van der Waals surface area (Å²) in [7, 11) is 5.16. The lowest BCUT2D eigenvalue weighted by atomic mass is 10.0. The van der Waals surface area contributed by atoms with E-state index in [2.05, 4.69) is 43.8 Å². The van der Waals surface area contributed by atoms with E-state index >= 15 is 0 Å². The van der Waals surface area contributed by atoms with Gasteiger partial charge in [-0.25, -0.2) is 24.5 Å². The zero-order valence-electron chi connectivity index (χ0n) is 31.5. The number of likely N-dealkylation sites (N-methyl/N-ethyl adjacent to an activating group) is 1. The Morgan fingerprint density at radius 3 is 2.44 bits per heavy atom. The predicted molar refractivity (Wildman–Crippen MR) is 206 cm³/mol. The molecule has 2 heterocycles. The summed E-state index contributed by atoms with van der Waals surface area (Å²) in [5.74, 6) is 1.06. The number of amidine groups is 1. The lowest BCUT2D eigenvalue weighted by Gasteiger charge is -2.38. The molecule has 1 aliphatic rings. The second-order valence-electron chi connectivity index (χ2n) is 13.8. The first-order valence-corrected chi connectivity index (χ1v) is 17.7. The summed E-state index contributed by atoms with van der Waals surface area (Å²) in [6.45, 7) is 14.6. The smallest absolute Gasteiger partial charge is 0.410 e. The summed E-state index contributed by atoms with van der Waals surface area (Å²) >= 11 is 0. The molecule has 52 heavy (non-hydrogen) atoms. The molecule has 1 atom stereocenters. The molecule has 12 heteroatoms. The van der Waals surface area contributed by atoms with Gasteiger partial charge in [0.25, 0.3) is 0 Å². The zero-order chi connectivity index (χ0) is 37.5. The molecule has 0 bridgehead atoms. The first kappa shape index (κ1) is 39.7. The molecule has 1 aliphatic heterocycles. The number of hydrogen-bond acceptors (Lipinski definition) is 10. The van der Waals surface area contributed by atoms with Gasteiger partial charge in [0.15, 0.2) is 0 Å². The van der Waals surface area contributed by atoms with E-state index in [9.17, 15) is 9.59 Å². The highest BCUT2D eigenvalue weighted by Crippen LogP contribution is 2.25. The Bertz CT molecular complexity index is 1670. The number of allylic oxidation sites excluding steroid dienone is 1. The van der Waals surface area contributed by atoms with Crippen LogP contribution in [0.5, 0.6) is 0 Å². The number of methoxy groups -OCH3 is 1. The van der Waals surface area contributed by atoms with Gasteiger partial charge in [0.2, 0.25) is 5.95 Å². The Balaban J connectivity index is 1.27. The number of esters is 1. The number of aliphatic imine (C=N–C) groups is 1. The quantitative estimate of drug-likeness (QED) is 0.113. The van der Waals surface area contributed by atoms with Crippen LogP contribution in [0.25, 0.3) is 0 Å². The van der Waals surface area contributed by atoms with E-state index in [1.807, 2.05) is 93.4 Å². The minimum Gasteiger partial charge on any atom is -0.468 e. The van der Waals surface area contributed by atoms with Crippen LogP contribution < -0.4 is 5.32 Å². The molecule has 1 amide bonds. The Hall–Kier alpha value is -5.07.